The molecular weight excluding hydrogens is 853 g/mol. The minimum absolute atomic E-state index is 0.379. The van der Waals surface area contributed by atoms with E-state index >= 15 is 0 Å². The predicted molar refractivity (Wildman–Crippen MR) is 282 cm³/mol. The molecule has 0 fully saturated rings. The molecule has 2 aliphatic carbocycles. The van der Waals surface area contributed by atoms with Crippen LogP contribution in [-0.2, 0) is 5.41 Å². The van der Waals surface area contributed by atoms with Crippen LogP contribution in [0.3, 0.4) is 0 Å². The summed E-state index contributed by atoms with van der Waals surface area (Å²) in [5, 5.41) is 1.79. The van der Waals surface area contributed by atoms with Crippen molar-refractivity contribution in [1.82, 2.24) is 15.0 Å². The van der Waals surface area contributed by atoms with Gasteiger partial charge in [0.1, 0.15) is 11.2 Å². The van der Waals surface area contributed by atoms with Crippen LogP contribution in [0.5, 0.6) is 0 Å². The van der Waals surface area contributed by atoms with Crippen LogP contribution in [0.1, 0.15) is 22.3 Å². The van der Waals surface area contributed by atoms with Crippen LogP contribution in [-0.4, -0.2) is 15.0 Å². The Morgan fingerprint density at radius 2 is 0.700 bits per heavy atom. The summed E-state index contributed by atoms with van der Waals surface area (Å²) in [7, 11) is 0. The molecule has 0 unspecified atom stereocenters. The summed E-state index contributed by atoms with van der Waals surface area (Å²) in [6.07, 6.45) is 0. The molecule has 0 radical (unpaired) electrons. The third-order valence-electron chi connectivity index (χ3n) is 14.4. The molecule has 2 aliphatic rings. The van der Waals surface area contributed by atoms with E-state index in [2.05, 4.69) is 187 Å². The van der Waals surface area contributed by atoms with Gasteiger partial charge in [-0.15, -0.1) is 0 Å². The first-order chi connectivity index (χ1) is 34.6. The van der Waals surface area contributed by atoms with Crippen molar-refractivity contribution in [1.29, 1.82) is 0 Å². The van der Waals surface area contributed by atoms with Crippen LogP contribution in [0, 0.1) is 6.57 Å². The molecular formula is C65H38N4O. The van der Waals surface area contributed by atoms with E-state index in [0.717, 1.165) is 60.9 Å². The number of aromatic nitrogens is 3. The van der Waals surface area contributed by atoms with Gasteiger partial charge < -0.3 is 4.42 Å². The molecule has 0 amide bonds. The van der Waals surface area contributed by atoms with Gasteiger partial charge in [-0.1, -0.05) is 194 Å². The van der Waals surface area contributed by atoms with Gasteiger partial charge in [-0.25, -0.2) is 19.8 Å². The van der Waals surface area contributed by atoms with E-state index in [1.54, 1.807) is 6.07 Å². The van der Waals surface area contributed by atoms with Gasteiger partial charge in [0.25, 0.3) is 0 Å². The number of nitrogens with zero attached hydrogens (tertiary/aromatic N) is 4. The van der Waals surface area contributed by atoms with E-state index in [1.807, 2.05) is 42.5 Å². The van der Waals surface area contributed by atoms with Gasteiger partial charge in [0.15, 0.2) is 23.2 Å². The SMILES string of the molecule is [C-]#[N+]c1ccc2oc3ccc(-c4nc(-c5ccc(-c6ccccc6)cc5)nc(-c5ccc(-c6ccc(-c7ccc8c(c7)C7(c9ccccc9-c9ccccc97)c7ccccc7-8)cc6)cc5)n4)cc3c2c1. The molecule has 5 heteroatoms. The van der Waals surface area contributed by atoms with E-state index < -0.39 is 0 Å². The minimum atomic E-state index is -0.379. The second-order valence-corrected chi connectivity index (χ2v) is 18.2. The molecule has 0 aliphatic heterocycles. The maximum Gasteiger partial charge on any atom is 0.188 e. The van der Waals surface area contributed by atoms with Crippen molar-refractivity contribution in [3.63, 3.8) is 0 Å². The van der Waals surface area contributed by atoms with E-state index in [9.17, 15) is 0 Å². The standard InChI is InChI=1S/C65H38N4O/c1-66-49-33-36-61-55(39-49)54-37-48(32-35-60(54)70-61)64-68-62(45-27-23-41(24-28-45)40-11-3-2-4-12-40)67-63(69-64)46-29-25-43(26-30-46)42-19-21-44(22-20-42)47-31-34-53-52-15-7-10-18-58(52)65(59(53)38-47)56-16-8-5-13-50(56)51-14-6-9-17-57(51)65/h2-39H. The molecule has 0 saturated carbocycles. The average Bonchev–Trinajstić information content (AvgIpc) is 4.06. The number of fused-ring (bicyclic) bond motifs is 13. The summed E-state index contributed by atoms with van der Waals surface area (Å²) >= 11 is 0. The molecule has 324 valence electrons. The number of benzene rings is 10. The lowest BCUT2D eigenvalue weighted by Gasteiger charge is -2.30. The monoisotopic (exact) mass is 890 g/mol. The molecule has 0 bridgehead atoms. The van der Waals surface area contributed by atoms with Crippen LogP contribution < -0.4 is 0 Å². The third kappa shape index (κ3) is 6.07. The quantitative estimate of drug-likeness (QED) is 0.156. The Bertz CT molecular complexity index is 4050. The zero-order valence-corrected chi connectivity index (χ0v) is 37.6. The van der Waals surface area contributed by atoms with Gasteiger partial charge in [0, 0.05) is 27.5 Å². The molecule has 1 spiro atoms. The lowest BCUT2D eigenvalue weighted by Crippen LogP contribution is -2.25. The number of furan rings is 1. The van der Waals surface area contributed by atoms with Crippen molar-refractivity contribution in [2.24, 2.45) is 0 Å². The smallest absolute Gasteiger partial charge is 0.188 e. The Kier molecular flexibility index (Phi) is 8.80. The predicted octanol–water partition coefficient (Wildman–Crippen LogP) is 16.7. The summed E-state index contributed by atoms with van der Waals surface area (Å²) in [5.74, 6) is 1.70. The average molecular weight is 891 g/mol. The van der Waals surface area contributed by atoms with Gasteiger partial charge in [0.2, 0.25) is 0 Å². The Morgan fingerprint density at radius 3 is 1.23 bits per heavy atom. The van der Waals surface area contributed by atoms with Crippen LogP contribution in [0.15, 0.2) is 235 Å². The summed E-state index contributed by atoms with van der Waals surface area (Å²) in [4.78, 5) is 18.9. The molecule has 12 aromatic rings. The molecule has 2 aromatic heterocycles. The van der Waals surface area contributed by atoms with Crippen molar-refractivity contribution in [3.8, 4) is 89.8 Å². The van der Waals surface area contributed by atoms with Crippen molar-refractivity contribution in [2.45, 2.75) is 5.41 Å². The van der Waals surface area contributed by atoms with Gasteiger partial charge in [-0.05, 0) is 114 Å². The molecule has 0 atom stereocenters. The lowest BCUT2D eigenvalue weighted by molar-refractivity contribution is 0.669. The van der Waals surface area contributed by atoms with Crippen LogP contribution >= 0.6 is 0 Å². The first kappa shape index (κ1) is 39.6. The normalized spacial score (nSPS) is 12.7. The molecule has 14 rings (SSSR count). The topological polar surface area (TPSA) is 56.2 Å². The van der Waals surface area contributed by atoms with Crippen molar-refractivity contribution in [2.75, 3.05) is 0 Å². The first-order valence-corrected chi connectivity index (χ1v) is 23.5. The zero-order valence-electron chi connectivity index (χ0n) is 37.6. The van der Waals surface area contributed by atoms with Gasteiger partial charge in [0.05, 0.1) is 12.0 Å². The molecule has 70 heavy (non-hydrogen) atoms. The first-order valence-electron chi connectivity index (χ1n) is 23.5. The second-order valence-electron chi connectivity index (χ2n) is 18.2. The Morgan fingerprint density at radius 1 is 0.314 bits per heavy atom. The van der Waals surface area contributed by atoms with Crippen molar-refractivity contribution < 1.29 is 4.42 Å². The Balaban J connectivity index is 0.815. The van der Waals surface area contributed by atoms with E-state index in [0.29, 0.717) is 23.2 Å². The Hall–Kier alpha value is -9.50. The fourth-order valence-corrected chi connectivity index (χ4v) is 11.1. The number of hydrogen-bond acceptors (Lipinski definition) is 4. The Labute approximate surface area is 404 Å². The molecule has 0 saturated heterocycles. The maximum absolute atomic E-state index is 7.60. The summed E-state index contributed by atoms with van der Waals surface area (Å²) in [6.45, 7) is 7.60. The van der Waals surface area contributed by atoms with E-state index in [4.69, 9.17) is 25.9 Å². The largest absolute Gasteiger partial charge is 0.456 e. The highest BCUT2D eigenvalue weighted by atomic mass is 16.3. The van der Waals surface area contributed by atoms with Crippen LogP contribution in [0.2, 0.25) is 0 Å². The fourth-order valence-electron chi connectivity index (χ4n) is 11.1. The zero-order chi connectivity index (χ0) is 46.3. The second kappa shape index (κ2) is 15.5. The summed E-state index contributed by atoms with van der Waals surface area (Å²) in [5.41, 5.74) is 21.7. The highest BCUT2D eigenvalue weighted by Gasteiger charge is 2.51. The fraction of sp³-hybridized carbons (Fsp3) is 0.0154. The third-order valence-corrected chi connectivity index (χ3v) is 14.4. The van der Waals surface area contributed by atoms with Crippen molar-refractivity contribution >= 4 is 27.6 Å². The molecule has 10 aromatic carbocycles. The van der Waals surface area contributed by atoms with Gasteiger partial charge in [-0.3, -0.25) is 0 Å². The minimum Gasteiger partial charge on any atom is -0.456 e. The van der Waals surface area contributed by atoms with Gasteiger partial charge >= 0.3 is 0 Å². The molecule has 0 N–H and O–H groups in total. The lowest BCUT2D eigenvalue weighted by atomic mass is 9.70. The highest BCUT2D eigenvalue weighted by molar-refractivity contribution is 6.07. The maximum atomic E-state index is 7.60. The molecule has 5 nitrogen and oxygen atoms in total. The van der Waals surface area contributed by atoms with Gasteiger partial charge in [-0.2, -0.15) is 0 Å². The molecule has 2 heterocycles. The summed E-state index contributed by atoms with van der Waals surface area (Å²) < 4.78 is 6.16. The van der Waals surface area contributed by atoms with Crippen molar-refractivity contribution in [3.05, 3.63) is 264 Å². The van der Waals surface area contributed by atoms with E-state index in [-0.39, 0.29) is 5.41 Å². The van der Waals surface area contributed by atoms with Crippen LogP contribution in [0.4, 0.5) is 5.69 Å². The van der Waals surface area contributed by atoms with E-state index in [1.165, 1.54) is 55.6 Å². The highest BCUT2D eigenvalue weighted by Crippen LogP contribution is 2.63. The van der Waals surface area contributed by atoms with Crippen LogP contribution in [0.25, 0.3) is 117 Å². The summed E-state index contributed by atoms with van der Waals surface area (Å²) in [6, 6.07) is 81.5. The number of hydrogen-bond donors (Lipinski definition) is 0. The number of rotatable bonds is 6.